The van der Waals surface area contributed by atoms with Gasteiger partial charge in [0.1, 0.15) is 11.6 Å². The van der Waals surface area contributed by atoms with Crippen LogP contribution in [0.2, 0.25) is 0 Å². The molecule has 1 atom stereocenters. The van der Waals surface area contributed by atoms with E-state index in [4.69, 9.17) is 14.5 Å². The largest absolute Gasteiger partial charge is 0.497 e. The third kappa shape index (κ3) is 9.15. The lowest BCUT2D eigenvalue weighted by Crippen LogP contribution is -2.39. The number of benzene rings is 2. The van der Waals surface area contributed by atoms with Crippen LogP contribution in [-0.4, -0.2) is 47.7 Å². The van der Waals surface area contributed by atoms with E-state index in [0.717, 1.165) is 19.3 Å². The van der Waals surface area contributed by atoms with Gasteiger partial charge in [0, 0.05) is 26.7 Å². The summed E-state index contributed by atoms with van der Waals surface area (Å²) in [6.45, 7) is 5.41. The minimum Gasteiger partial charge on any atom is -0.497 e. The van der Waals surface area contributed by atoms with Gasteiger partial charge in [-0.25, -0.2) is 4.98 Å². The first kappa shape index (κ1) is 32.3. The molecule has 41 heavy (non-hydrogen) atoms. The highest BCUT2D eigenvalue weighted by Crippen LogP contribution is 2.28. The van der Waals surface area contributed by atoms with Crippen LogP contribution >= 0.6 is 0 Å². The Labute approximate surface area is 245 Å². The fourth-order valence-electron chi connectivity index (χ4n) is 5.46. The average Bonchev–Trinajstić information content (AvgIpc) is 3.00. The number of fused-ring (bicyclic) bond motifs is 1. The summed E-state index contributed by atoms with van der Waals surface area (Å²) in [5.74, 6) is 1.40. The zero-order valence-electron chi connectivity index (χ0n) is 25.6. The number of methoxy groups -OCH3 is 2. The second-order valence-corrected chi connectivity index (χ2v) is 10.8. The van der Waals surface area contributed by atoms with Crippen molar-refractivity contribution in [2.45, 2.75) is 96.9 Å². The number of unbranched alkanes of at least 4 members (excludes halogenated alkanes) is 8. The number of amides is 1. The van der Waals surface area contributed by atoms with Crippen LogP contribution in [0, 0.1) is 0 Å². The van der Waals surface area contributed by atoms with Gasteiger partial charge >= 0.3 is 0 Å². The molecule has 1 amide bonds. The Morgan fingerprint density at radius 1 is 0.878 bits per heavy atom. The first-order chi connectivity index (χ1) is 20.0. The summed E-state index contributed by atoms with van der Waals surface area (Å²) >= 11 is 0. The SMILES string of the molecule is CCCCCCCCCCCC(=O)N(CCCOC)C(CC)c1nc2ccccc2c(=O)n1-c1ccc(OC)cc1. The van der Waals surface area contributed by atoms with Crippen LogP contribution in [0.25, 0.3) is 16.6 Å². The zero-order chi connectivity index (χ0) is 29.5. The molecule has 0 bridgehead atoms. The third-order valence-corrected chi connectivity index (χ3v) is 7.76. The molecule has 7 heteroatoms. The maximum atomic E-state index is 13.9. The van der Waals surface area contributed by atoms with E-state index in [-0.39, 0.29) is 17.5 Å². The van der Waals surface area contributed by atoms with Crippen molar-refractivity contribution in [3.63, 3.8) is 0 Å². The van der Waals surface area contributed by atoms with E-state index in [0.29, 0.717) is 54.2 Å². The number of ether oxygens (including phenoxy) is 2. The minimum atomic E-state index is -0.350. The number of nitrogens with zero attached hydrogens (tertiary/aromatic N) is 3. The van der Waals surface area contributed by atoms with Crippen LogP contribution in [0.15, 0.2) is 53.3 Å². The molecular weight excluding hydrogens is 514 g/mol. The van der Waals surface area contributed by atoms with Crippen molar-refractivity contribution in [2.75, 3.05) is 27.4 Å². The number of carbonyl (C=O) groups excluding carboxylic acids is 1. The van der Waals surface area contributed by atoms with E-state index >= 15 is 0 Å². The molecule has 0 saturated carbocycles. The lowest BCUT2D eigenvalue weighted by atomic mass is 10.1. The third-order valence-electron chi connectivity index (χ3n) is 7.76. The van der Waals surface area contributed by atoms with Gasteiger partial charge in [0.05, 0.1) is 29.7 Å². The number of aromatic nitrogens is 2. The molecule has 0 aliphatic rings. The smallest absolute Gasteiger partial charge is 0.266 e. The Balaban J connectivity index is 1.88. The van der Waals surface area contributed by atoms with E-state index in [1.165, 1.54) is 44.9 Å². The molecule has 0 aliphatic heterocycles. The number of rotatable bonds is 19. The molecule has 1 aromatic heterocycles. The molecule has 0 saturated heterocycles. The highest BCUT2D eigenvalue weighted by molar-refractivity contribution is 5.79. The number of carbonyl (C=O) groups is 1. The molecule has 7 nitrogen and oxygen atoms in total. The van der Waals surface area contributed by atoms with Gasteiger partial charge in [0.2, 0.25) is 5.91 Å². The minimum absolute atomic E-state index is 0.111. The molecule has 0 fully saturated rings. The first-order valence-corrected chi connectivity index (χ1v) is 15.5. The van der Waals surface area contributed by atoms with Crippen LogP contribution in [0.1, 0.15) is 103 Å². The number of hydrogen-bond donors (Lipinski definition) is 0. The molecule has 0 aliphatic carbocycles. The monoisotopic (exact) mass is 563 g/mol. The van der Waals surface area contributed by atoms with Crippen molar-refractivity contribution < 1.29 is 14.3 Å². The predicted molar refractivity (Wildman–Crippen MR) is 167 cm³/mol. The summed E-state index contributed by atoms with van der Waals surface area (Å²) in [6.07, 6.45) is 12.7. The van der Waals surface area contributed by atoms with Crippen LogP contribution in [0.3, 0.4) is 0 Å². The summed E-state index contributed by atoms with van der Waals surface area (Å²) in [4.78, 5) is 34.6. The quantitative estimate of drug-likeness (QED) is 0.140. The fourth-order valence-corrected chi connectivity index (χ4v) is 5.46. The van der Waals surface area contributed by atoms with E-state index < -0.39 is 0 Å². The predicted octanol–water partition coefficient (Wildman–Crippen LogP) is 7.63. The van der Waals surface area contributed by atoms with Crippen molar-refractivity contribution in [2.24, 2.45) is 0 Å². The van der Waals surface area contributed by atoms with Crippen LogP contribution in [0.4, 0.5) is 0 Å². The zero-order valence-corrected chi connectivity index (χ0v) is 25.6. The number of hydrogen-bond acceptors (Lipinski definition) is 5. The Bertz CT molecular complexity index is 1260. The van der Waals surface area contributed by atoms with Crippen molar-refractivity contribution in [1.82, 2.24) is 14.5 Å². The summed E-state index contributed by atoms with van der Waals surface area (Å²) in [6, 6.07) is 14.5. The topological polar surface area (TPSA) is 73.7 Å². The molecule has 1 heterocycles. The van der Waals surface area contributed by atoms with Gasteiger partial charge in [0.15, 0.2) is 0 Å². The Hall–Kier alpha value is -3.19. The van der Waals surface area contributed by atoms with Gasteiger partial charge in [-0.1, -0.05) is 77.3 Å². The van der Waals surface area contributed by atoms with Crippen LogP contribution < -0.4 is 10.3 Å². The lowest BCUT2D eigenvalue weighted by molar-refractivity contribution is -0.134. The van der Waals surface area contributed by atoms with E-state index in [9.17, 15) is 9.59 Å². The number of para-hydroxylation sites is 1. The normalized spacial score (nSPS) is 12.0. The summed E-state index contributed by atoms with van der Waals surface area (Å²) in [7, 11) is 3.30. The van der Waals surface area contributed by atoms with Gasteiger partial charge in [-0.2, -0.15) is 0 Å². The Morgan fingerprint density at radius 3 is 2.17 bits per heavy atom. The second kappa shape index (κ2) is 17.6. The summed E-state index contributed by atoms with van der Waals surface area (Å²) in [5.41, 5.74) is 1.20. The Kier molecular flexibility index (Phi) is 13.9. The second-order valence-electron chi connectivity index (χ2n) is 10.8. The molecule has 0 spiro atoms. The molecule has 2 aromatic carbocycles. The molecule has 0 N–H and O–H groups in total. The van der Waals surface area contributed by atoms with E-state index in [2.05, 4.69) is 13.8 Å². The Morgan fingerprint density at radius 2 is 1.54 bits per heavy atom. The molecule has 224 valence electrons. The summed E-state index contributed by atoms with van der Waals surface area (Å²) in [5, 5.41) is 0.550. The maximum Gasteiger partial charge on any atom is 0.266 e. The van der Waals surface area contributed by atoms with Crippen molar-refractivity contribution in [3.8, 4) is 11.4 Å². The van der Waals surface area contributed by atoms with Crippen molar-refractivity contribution in [3.05, 3.63) is 64.7 Å². The van der Waals surface area contributed by atoms with Gasteiger partial charge in [-0.05, 0) is 55.7 Å². The molecule has 1 unspecified atom stereocenters. The first-order valence-electron chi connectivity index (χ1n) is 15.5. The molecule has 0 radical (unpaired) electrons. The van der Waals surface area contributed by atoms with Crippen molar-refractivity contribution >= 4 is 16.8 Å². The standard InChI is InChI=1S/C34H49N3O4/c1-5-7-8-9-10-11-12-13-14-20-32(38)36(25-17-26-40-3)31(6-2)33-35-30-19-16-15-18-29(30)34(39)37(33)27-21-23-28(41-4)24-22-27/h15-16,18-19,21-24,31H,5-14,17,20,25-26H2,1-4H3. The van der Waals surface area contributed by atoms with E-state index in [1.807, 2.05) is 47.4 Å². The van der Waals surface area contributed by atoms with Gasteiger partial charge in [0.25, 0.3) is 5.56 Å². The molecule has 3 aromatic rings. The van der Waals surface area contributed by atoms with Crippen LogP contribution in [0.5, 0.6) is 5.75 Å². The van der Waals surface area contributed by atoms with Gasteiger partial charge < -0.3 is 14.4 Å². The summed E-state index contributed by atoms with van der Waals surface area (Å²) < 4.78 is 12.3. The maximum absolute atomic E-state index is 13.9. The van der Waals surface area contributed by atoms with Gasteiger partial charge in [-0.15, -0.1) is 0 Å². The molecular formula is C34H49N3O4. The average molecular weight is 564 g/mol. The lowest BCUT2D eigenvalue weighted by Gasteiger charge is -2.32. The molecule has 3 rings (SSSR count). The highest BCUT2D eigenvalue weighted by Gasteiger charge is 2.28. The van der Waals surface area contributed by atoms with Crippen molar-refractivity contribution in [1.29, 1.82) is 0 Å². The van der Waals surface area contributed by atoms with E-state index in [1.54, 1.807) is 24.9 Å². The van der Waals surface area contributed by atoms with Gasteiger partial charge in [-0.3, -0.25) is 14.2 Å². The van der Waals surface area contributed by atoms with Crippen LogP contribution in [-0.2, 0) is 9.53 Å². The highest BCUT2D eigenvalue weighted by atomic mass is 16.5. The fraction of sp³-hybridized carbons (Fsp3) is 0.559.